The lowest BCUT2D eigenvalue weighted by molar-refractivity contribution is -0.131. The minimum Gasteiger partial charge on any atom is -0.394 e. The lowest BCUT2D eigenvalue weighted by atomic mass is 10.0. The fraction of sp³-hybridized carbons (Fsp3) is 0.800. The van der Waals surface area contributed by atoms with Gasteiger partial charge in [0.1, 0.15) is 6.10 Å². The first-order valence-electron chi connectivity index (χ1n) is 21.5. The van der Waals surface area contributed by atoms with Gasteiger partial charge in [-0.05, 0) is 70.6 Å². The molecule has 0 bridgehead atoms. The Bertz CT molecular complexity index is 820. The van der Waals surface area contributed by atoms with Gasteiger partial charge in [0.25, 0.3) is 0 Å². The van der Waals surface area contributed by atoms with Crippen LogP contribution in [0.15, 0.2) is 48.6 Å². The molecule has 3 unspecified atom stereocenters. The molecular formula is C45H83NO4. The van der Waals surface area contributed by atoms with E-state index in [9.17, 15) is 20.1 Å². The van der Waals surface area contributed by atoms with Crippen LogP contribution in [0.5, 0.6) is 0 Å². The summed E-state index contributed by atoms with van der Waals surface area (Å²) in [6.45, 7) is 4.14. The zero-order valence-corrected chi connectivity index (χ0v) is 33.0. The minimum absolute atomic E-state index is 0.378. The Morgan fingerprint density at radius 3 is 1.22 bits per heavy atom. The number of nitrogens with one attached hydrogen (secondary N) is 1. The zero-order chi connectivity index (χ0) is 36.6. The highest BCUT2D eigenvalue weighted by Gasteiger charge is 2.22. The number of carbonyl (C=O) groups is 1. The molecular weight excluding hydrogens is 618 g/mol. The Kier molecular flexibility index (Phi) is 38.7. The van der Waals surface area contributed by atoms with Crippen molar-refractivity contribution < 1.29 is 20.1 Å². The smallest absolute Gasteiger partial charge is 0.249 e. The van der Waals surface area contributed by atoms with E-state index in [2.05, 4.69) is 55.6 Å². The molecule has 0 heterocycles. The lowest BCUT2D eigenvalue weighted by Crippen LogP contribution is -2.48. The molecule has 0 aliphatic heterocycles. The fourth-order valence-corrected chi connectivity index (χ4v) is 6.21. The number of rotatable bonds is 38. The highest BCUT2D eigenvalue weighted by molar-refractivity contribution is 5.80. The molecule has 0 aromatic carbocycles. The van der Waals surface area contributed by atoms with Crippen LogP contribution in [-0.2, 0) is 4.79 Å². The largest absolute Gasteiger partial charge is 0.394 e. The summed E-state index contributed by atoms with van der Waals surface area (Å²) in [4.78, 5) is 12.4. The molecule has 1 amide bonds. The molecule has 0 rings (SSSR count). The second kappa shape index (κ2) is 40.1. The van der Waals surface area contributed by atoms with E-state index >= 15 is 0 Å². The minimum atomic E-state index is -1.13. The van der Waals surface area contributed by atoms with Crippen molar-refractivity contribution in [3.05, 3.63) is 48.6 Å². The van der Waals surface area contributed by atoms with E-state index < -0.39 is 24.2 Å². The summed E-state index contributed by atoms with van der Waals surface area (Å²) in [6.07, 6.45) is 51.5. The SMILES string of the molecule is CCCCCCCC/C=C\CCCCC(O)C(=O)NC(CO)C(O)/C=C/CC/C=C/CC/C=C/CCCCCCCCCCCCCCCC. The first-order valence-corrected chi connectivity index (χ1v) is 21.5. The van der Waals surface area contributed by atoms with Gasteiger partial charge in [0.05, 0.1) is 18.8 Å². The number of hydrogen-bond donors (Lipinski definition) is 4. The highest BCUT2D eigenvalue weighted by atomic mass is 16.3. The van der Waals surface area contributed by atoms with Crippen LogP contribution in [0.2, 0.25) is 0 Å². The Balaban J connectivity index is 3.76. The van der Waals surface area contributed by atoms with E-state index in [1.165, 1.54) is 135 Å². The third kappa shape index (κ3) is 34.7. The summed E-state index contributed by atoms with van der Waals surface area (Å²) < 4.78 is 0. The van der Waals surface area contributed by atoms with Crippen LogP contribution < -0.4 is 5.32 Å². The predicted octanol–water partition coefficient (Wildman–Crippen LogP) is 12.2. The summed E-state index contributed by atoms with van der Waals surface area (Å²) in [5.41, 5.74) is 0. The Hall–Kier alpha value is -1.69. The molecule has 0 aromatic heterocycles. The Morgan fingerprint density at radius 2 is 0.820 bits per heavy atom. The maximum absolute atomic E-state index is 12.4. The number of unbranched alkanes of at least 4 members (excludes halogenated alkanes) is 24. The van der Waals surface area contributed by atoms with Crippen molar-refractivity contribution in [3.63, 3.8) is 0 Å². The molecule has 4 N–H and O–H groups in total. The lowest BCUT2D eigenvalue weighted by Gasteiger charge is -2.21. The van der Waals surface area contributed by atoms with Crippen LogP contribution in [0.4, 0.5) is 0 Å². The van der Waals surface area contributed by atoms with Crippen molar-refractivity contribution in [2.75, 3.05) is 6.61 Å². The molecule has 0 radical (unpaired) electrons. The predicted molar refractivity (Wildman–Crippen MR) is 217 cm³/mol. The maximum atomic E-state index is 12.4. The number of hydrogen-bond acceptors (Lipinski definition) is 4. The second-order valence-electron chi connectivity index (χ2n) is 14.5. The molecule has 0 spiro atoms. The van der Waals surface area contributed by atoms with Crippen molar-refractivity contribution in [3.8, 4) is 0 Å². The van der Waals surface area contributed by atoms with E-state index in [1.807, 2.05) is 6.08 Å². The van der Waals surface area contributed by atoms with Gasteiger partial charge in [-0.2, -0.15) is 0 Å². The third-order valence-corrected chi connectivity index (χ3v) is 9.62. The van der Waals surface area contributed by atoms with Gasteiger partial charge in [-0.25, -0.2) is 0 Å². The molecule has 0 fully saturated rings. The standard InChI is InChI=1S/C45H83NO4/c1-3-5-7-9-11-13-15-17-18-19-20-21-22-23-24-25-26-27-28-30-31-33-35-37-39-43(48)42(41-47)46-45(50)44(49)40-38-36-34-32-29-16-14-12-10-8-6-4-2/h25-26,29-32,37,39,42-44,47-49H,3-24,27-28,33-36,38,40-41H2,1-2H3,(H,46,50)/b26-25+,31-30+,32-29-,39-37+. The quantitative estimate of drug-likeness (QED) is 0.0381. The number of allylic oxidation sites excluding steroid dienone is 7. The van der Waals surface area contributed by atoms with E-state index in [4.69, 9.17) is 0 Å². The van der Waals surface area contributed by atoms with Crippen molar-refractivity contribution in [2.24, 2.45) is 0 Å². The van der Waals surface area contributed by atoms with Crippen LogP contribution in [-0.4, -0.2) is 46.1 Å². The molecule has 292 valence electrons. The van der Waals surface area contributed by atoms with Crippen LogP contribution in [0, 0.1) is 0 Å². The number of carbonyl (C=O) groups excluding carboxylic acids is 1. The summed E-state index contributed by atoms with van der Waals surface area (Å²) >= 11 is 0. The topological polar surface area (TPSA) is 89.8 Å². The fourth-order valence-electron chi connectivity index (χ4n) is 6.21. The van der Waals surface area contributed by atoms with E-state index in [0.717, 1.165) is 51.4 Å². The number of aliphatic hydroxyl groups excluding tert-OH is 3. The Labute approximate surface area is 310 Å². The highest BCUT2D eigenvalue weighted by Crippen LogP contribution is 2.14. The molecule has 5 nitrogen and oxygen atoms in total. The normalized spacial score (nSPS) is 14.1. The molecule has 0 aliphatic carbocycles. The molecule has 0 saturated carbocycles. The van der Waals surface area contributed by atoms with E-state index in [-0.39, 0.29) is 6.61 Å². The average Bonchev–Trinajstić information content (AvgIpc) is 3.12. The summed E-state index contributed by atoms with van der Waals surface area (Å²) in [5, 5.41) is 33.0. The molecule has 0 saturated heterocycles. The van der Waals surface area contributed by atoms with Crippen LogP contribution in [0.3, 0.4) is 0 Å². The number of amides is 1. The van der Waals surface area contributed by atoms with Gasteiger partial charge >= 0.3 is 0 Å². The van der Waals surface area contributed by atoms with Crippen LogP contribution in [0.1, 0.15) is 206 Å². The van der Waals surface area contributed by atoms with Crippen LogP contribution in [0.25, 0.3) is 0 Å². The Morgan fingerprint density at radius 1 is 0.480 bits per heavy atom. The molecule has 0 aliphatic rings. The first-order chi connectivity index (χ1) is 24.6. The van der Waals surface area contributed by atoms with Gasteiger partial charge in [-0.15, -0.1) is 0 Å². The van der Waals surface area contributed by atoms with Crippen LogP contribution >= 0.6 is 0 Å². The van der Waals surface area contributed by atoms with Gasteiger partial charge in [-0.1, -0.05) is 184 Å². The molecule has 50 heavy (non-hydrogen) atoms. The average molecular weight is 702 g/mol. The first kappa shape index (κ1) is 48.3. The van der Waals surface area contributed by atoms with E-state index in [1.54, 1.807) is 6.08 Å². The van der Waals surface area contributed by atoms with E-state index in [0.29, 0.717) is 6.42 Å². The van der Waals surface area contributed by atoms with Crippen molar-refractivity contribution in [1.82, 2.24) is 5.32 Å². The summed E-state index contributed by atoms with van der Waals surface area (Å²) in [5.74, 6) is -0.535. The van der Waals surface area contributed by atoms with Gasteiger partial charge < -0.3 is 20.6 Å². The van der Waals surface area contributed by atoms with Gasteiger partial charge in [0, 0.05) is 0 Å². The van der Waals surface area contributed by atoms with Crippen molar-refractivity contribution in [1.29, 1.82) is 0 Å². The van der Waals surface area contributed by atoms with Gasteiger partial charge in [0.15, 0.2) is 0 Å². The molecule has 5 heteroatoms. The summed E-state index contributed by atoms with van der Waals surface area (Å²) in [6, 6.07) is -0.829. The monoisotopic (exact) mass is 702 g/mol. The van der Waals surface area contributed by atoms with Crippen molar-refractivity contribution >= 4 is 5.91 Å². The third-order valence-electron chi connectivity index (χ3n) is 9.62. The van der Waals surface area contributed by atoms with Gasteiger partial charge in [-0.3, -0.25) is 4.79 Å². The van der Waals surface area contributed by atoms with Gasteiger partial charge in [0.2, 0.25) is 5.91 Å². The number of aliphatic hydroxyl groups is 3. The zero-order valence-electron chi connectivity index (χ0n) is 33.0. The molecule has 0 aromatic rings. The summed E-state index contributed by atoms with van der Waals surface area (Å²) in [7, 11) is 0. The second-order valence-corrected chi connectivity index (χ2v) is 14.5. The molecule has 3 atom stereocenters. The maximum Gasteiger partial charge on any atom is 0.249 e. The van der Waals surface area contributed by atoms with Crippen molar-refractivity contribution in [2.45, 2.75) is 225 Å².